The van der Waals surface area contributed by atoms with Gasteiger partial charge in [0.05, 0.1) is 11.1 Å². The van der Waals surface area contributed by atoms with E-state index in [4.69, 9.17) is 5.73 Å². The van der Waals surface area contributed by atoms with Crippen LogP contribution in [0.25, 0.3) is 0 Å². The van der Waals surface area contributed by atoms with E-state index in [1.54, 1.807) is 12.1 Å². The number of amides is 1. The molecule has 0 atom stereocenters. The standard InChI is InChI=1S/C14H19N3O3/c15-8-11-7-10(3-6-16-11)12(18)17-9-14(13(19)20)4-1-2-5-14/h3,6-7H,1-2,4-5,8-9,15H2,(H,17,18)(H,19,20). The third kappa shape index (κ3) is 2.96. The van der Waals surface area contributed by atoms with Crippen molar-refractivity contribution in [3.8, 4) is 0 Å². The van der Waals surface area contributed by atoms with Crippen molar-refractivity contribution in [1.82, 2.24) is 10.3 Å². The van der Waals surface area contributed by atoms with E-state index in [9.17, 15) is 14.7 Å². The van der Waals surface area contributed by atoms with Crippen LogP contribution in [0.2, 0.25) is 0 Å². The van der Waals surface area contributed by atoms with Gasteiger partial charge in [-0.2, -0.15) is 0 Å². The molecule has 0 aliphatic heterocycles. The first-order chi connectivity index (χ1) is 9.57. The van der Waals surface area contributed by atoms with Gasteiger partial charge in [0.2, 0.25) is 0 Å². The normalized spacial score (nSPS) is 16.9. The highest BCUT2D eigenvalue weighted by atomic mass is 16.4. The summed E-state index contributed by atoms with van der Waals surface area (Å²) in [7, 11) is 0. The molecule has 1 heterocycles. The van der Waals surface area contributed by atoms with Crippen LogP contribution in [0.5, 0.6) is 0 Å². The summed E-state index contributed by atoms with van der Waals surface area (Å²) in [5, 5.41) is 12.1. The molecule has 6 heteroatoms. The summed E-state index contributed by atoms with van der Waals surface area (Å²) in [6, 6.07) is 3.22. The number of carbonyl (C=O) groups is 2. The van der Waals surface area contributed by atoms with Gasteiger partial charge in [-0.3, -0.25) is 14.6 Å². The zero-order valence-corrected chi connectivity index (χ0v) is 11.3. The fraction of sp³-hybridized carbons (Fsp3) is 0.500. The highest BCUT2D eigenvalue weighted by molar-refractivity contribution is 5.94. The molecule has 1 saturated carbocycles. The van der Waals surface area contributed by atoms with Gasteiger partial charge in [0.1, 0.15) is 0 Å². The molecule has 0 bridgehead atoms. The van der Waals surface area contributed by atoms with Crippen molar-refractivity contribution in [2.45, 2.75) is 32.2 Å². The van der Waals surface area contributed by atoms with Gasteiger partial charge in [-0.1, -0.05) is 12.8 Å². The summed E-state index contributed by atoms with van der Waals surface area (Å²) in [6.07, 6.45) is 4.56. The molecule has 1 aliphatic carbocycles. The zero-order valence-electron chi connectivity index (χ0n) is 11.3. The maximum Gasteiger partial charge on any atom is 0.311 e. The van der Waals surface area contributed by atoms with E-state index in [0.717, 1.165) is 12.8 Å². The number of hydrogen-bond acceptors (Lipinski definition) is 4. The maximum absolute atomic E-state index is 12.1. The van der Waals surface area contributed by atoms with E-state index in [2.05, 4.69) is 10.3 Å². The van der Waals surface area contributed by atoms with Gasteiger partial charge in [0.25, 0.3) is 5.91 Å². The molecule has 20 heavy (non-hydrogen) atoms. The van der Waals surface area contributed by atoms with Crippen LogP contribution < -0.4 is 11.1 Å². The van der Waals surface area contributed by atoms with Gasteiger partial charge in [0.15, 0.2) is 0 Å². The maximum atomic E-state index is 12.1. The molecular weight excluding hydrogens is 258 g/mol. The summed E-state index contributed by atoms with van der Waals surface area (Å²) >= 11 is 0. The first kappa shape index (κ1) is 14.5. The molecule has 0 radical (unpaired) electrons. The van der Waals surface area contributed by atoms with Crippen molar-refractivity contribution in [3.63, 3.8) is 0 Å². The number of carbonyl (C=O) groups excluding carboxylic acids is 1. The number of aliphatic carboxylic acids is 1. The van der Waals surface area contributed by atoms with E-state index in [1.807, 2.05) is 0 Å². The predicted octanol–water partition coefficient (Wildman–Crippen LogP) is 0.915. The molecule has 1 fully saturated rings. The van der Waals surface area contributed by atoms with Crippen LogP contribution in [-0.2, 0) is 11.3 Å². The van der Waals surface area contributed by atoms with Gasteiger partial charge in [-0.05, 0) is 25.0 Å². The van der Waals surface area contributed by atoms with Crippen molar-refractivity contribution in [3.05, 3.63) is 29.6 Å². The van der Waals surface area contributed by atoms with Crippen LogP contribution in [0.3, 0.4) is 0 Å². The number of nitrogens with one attached hydrogen (secondary N) is 1. The molecule has 1 aromatic rings. The summed E-state index contributed by atoms with van der Waals surface area (Å²) in [5.74, 6) is -1.11. The summed E-state index contributed by atoms with van der Waals surface area (Å²) in [6.45, 7) is 0.432. The Bertz CT molecular complexity index is 510. The number of nitrogens with two attached hydrogens (primary N) is 1. The predicted molar refractivity (Wildman–Crippen MR) is 73.0 cm³/mol. The number of pyridine rings is 1. The number of rotatable bonds is 5. The van der Waals surface area contributed by atoms with Crippen LogP contribution in [-0.4, -0.2) is 28.5 Å². The lowest BCUT2D eigenvalue weighted by Gasteiger charge is -2.23. The minimum absolute atomic E-state index is 0.168. The average molecular weight is 277 g/mol. The minimum atomic E-state index is -0.826. The molecule has 0 spiro atoms. The number of hydrogen-bond donors (Lipinski definition) is 3. The molecule has 0 aromatic carbocycles. The lowest BCUT2D eigenvalue weighted by Crippen LogP contribution is -2.41. The van der Waals surface area contributed by atoms with Crippen LogP contribution in [0.15, 0.2) is 18.3 Å². The lowest BCUT2D eigenvalue weighted by atomic mass is 9.86. The van der Waals surface area contributed by atoms with Crippen LogP contribution >= 0.6 is 0 Å². The van der Waals surface area contributed by atoms with E-state index in [1.165, 1.54) is 6.20 Å². The number of carboxylic acid groups (broad SMARTS) is 1. The van der Waals surface area contributed by atoms with Gasteiger partial charge in [0, 0.05) is 24.8 Å². The molecule has 4 N–H and O–H groups in total. The number of aromatic nitrogens is 1. The Morgan fingerprint density at radius 2 is 2.10 bits per heavy atom. The van der Waals surface area contributed by atoms with Gasteiger partial charge < -0.3 is 16.2 Å². The third-order valence-electron chi connectivity index (χ3n) is 3.89. The molecule has 1 aliphatic rings. The van der Waals surface area contributed by atoms with Gasteiger partial charge in [-0.25, -0.2) is 0 Å². The Morgan fingerprint density at radius 3 is 2.70 bits per heavy atom. The monoisotopic (exact) mass is 277 g/mol. The summed E-state index contributed by atoms with van der Waals surface area (Å²) in [4.78, 5) is 27.5. The van der Waals surface area contributed by atoms with E-state index < -0.39 is 11.4 Å². The molecular formula is C14H19N3O3. The van der Waals surface area contributed by atoms with Crippen LogP contribution in [0.4, 0.5) is 0 Å². The van der Waals surface area contributed by atoms with Gasteiger partial charge >= 0.3 is 5.97 Å². The third-order valence-corrected chi connectivity index (χ3v) is 3.89. The van der Waals surface area contributed by atoms with Crippen LogP contribution in [0, 0.1) is 5.41 Å². The van der Waals surface area contributed by atoms with Crippen molar-refractivity contribution >= 4 is 11.9 Å². The quantitative estimate of drug-likeness (QED) is 0.742. The van der Waals surface area contributed by atoms with E-state index >= 15 is 0 Å². The van der Waals surface area contributed by atoms with Crippen molar-refractivity contribution in [2.24, 2.45) is 11.1 Å². The molecule has 0 unspecified atom stereocenters. The lowest BCUT2D eigenvalue weighted by molar-refractivity contribution is -0.148. The fourth-order valence-electron chi connectivity index (χ4n) is 2.60. The average Bonchev–Trinajstić information content (AvgIpc) is 2.95. The first-order valence-corrected chi connectivity index (χ1v) is 6.74. The van der Waals surface area contributed by atoms with Crippen molar-refractivity contribution in [1.29, 1.82) is 0 Å². The smallest absolute Gasteiger partial charge is 0.311 e. The van der Waals surface area contributed by atoms with Gasteiger partial charge in [-0.15, -0.1) is 0 Å². The Kier molecular flexibility index (Phi) is 4.34. The molecule has 6 nitrogen and oxygen atoms in total. The van der Waals surface area contributed by atoms with Crippen molar-refractivity contribution in [2.75, 3.05) is 6.54 Å². The Balaban J connectivity index is 2.02. The van der Waals surface area contributed by atoms with E-state index in [-0.39, 0.29) is 19.0 Å². The summed E-state index contributed by atoms with van der Waals surface area (Å²) in [5.41, 5.74) is 5.76. The molecule has 108 valence electrons. The zero-order chi connectivity index (χ0) is 14.6. The number of nitrogens with zero attached hydrogens (tertiary/aromatic N) is 1. The first-order valence-electron chi connectivity index (χ1n) is 6.74. The van der Waals surface area contributed by atoms with Crippen LogP contribution in [0.1, 0.15) is 41.7 Å². The van der Waals surface area contributed by atoms with E-state index in [0.29, 0.717) is 24.1 Å². The topological polar surface area (TPSA) is 105 Å². The Hall–Kier alpha value is -1.95. The second-order valence-corrected chi connectivity index (χ2v) is 5.22. The summed E-state index contributed by atoms with van der Waals surface area (Å²) < 4.78 is 0. The molecule has 0 saturated heterocycles. The number of carboxylic acids is 1. The molecule has 1 amide bonds. The SMILES string of the molecule is NCc1cc(C(=O)NCC2(C(=O)O)CCCC2)ccn1. The Labute approximate surface area is 117 Å². The second-order valence-electron chi connectivity index (χ2n) is 5.22. The fourth-order valence-corrected chi connectivity index (χ4v) is 2.60. The highest BCUT2D eigenvalue weighted by Crippen LogP contribution is 2.37. The molecule has 2 rings (SSSR count). The molecule has 1 aromatic heterocycles. The second kappa shape index (κ2) is 6.00. The minimum Gasteiger partial charge on any atom is -0.481 e. The largest absolute Gasteiger partial charge is 0.481 e. The Morgan fingerprint density at radius 1 is 1.40 bits per heavy atom. The highest BCUT2D eigenvalue weighted by Gasteiger charge is 2.41. The van der Waals surface area contributed by atoms with Crippen molar-refractivity contribution < 1.29 is 14.7 Å².